The Morgan fingerprint density at radius 1 is 1.23 bits per heavy atom. The van der Waals surface area contributed by atoms with Crippen LogP contribution in [0.5, 0.6) is 0 Å². The topological polar surface area (TPSA) is 53.2 Å². The molecule has 3 N–H and O–H groups in total. The molecule has 1 rings (SSSR count). The standard InChI is InChI=1S/C15H22ClN3OS2/c1-15(2,3)19-13(20)10-18-14(21)17-8-9-22-12-6-4-11(16)5-7-12/h4-7H,8-10H2,1-3H3,(H,19,20)(H2,17,18,21). The summed E-state index contributed by atoms with van der Waals surface area (Å²) in [7, 11) is 0. The van der Waals surface area contributed by atoms with Crippen LogP contribution in [0.2, 0.25) is 5.02 Å². The van der Waals surface area contributed by atoms with Gasteiger partial charge in [0.2, 0.25) is 5.91 Å². The van der Waals surface area contributed by atoms with Crippen molar-refractivity contribution in [2.24, 2.45) is 0 Å². The van der Waals surface area contributed by atoms with Crippen molar-refractivity contribution in [2.75, 3.05) is 18.8 Å². The highest BCUT2D eigenvalue weighted by Gasteiger charge is 2.13. The molecule has 0 saturated carbocycles. The highest BCUT2D eigenvalue weighted by atomic mass is 35.5. The van der Waals surface area contributed by atoms with Gasteiger partial charge in [0, 0.05) is 27.8 Å². The Hall–Kier alpha value is -0.980. The molecular formula is C15H22ClN3OS2. The summed E-state index contributed by atoms with van der Waals surface area (Å²) in [6.07, 6.45) is 0. The van der Waals surface area contributed by atoms with Gasteiger partial charge in [0.15, 0.2) is 5.11 Å². The van der Waals surface area contributed by atoms with Gasteiger partial charge in [-0.3, -0.25) is 4.79 Å². The lowest BCUT2D eigenvalue weighted by Gasteiger charge is -2.20. The van der Waals surface area contributed by atoms with Gasteiger partial charge in [0.1, 0.15) is 0 Å². The molecule has 0 unspecified atom stereocenters. The molecule has 0 saturated heterocycles. The summed E-state index contributed by atoms with van der Waals surface area (Å²) >= 11 is 12.7. The quantitative estimate of drug-likeness (QED) is 0.414. The first-order valence-corrected chi connectivity index (χ1v) is 8.74. The first kappa shape index (κ1) is 19.1. The Balaban J connectivity index is 2.13. The number of carbonyl (C=O) groups excluding carboxylic acids is 1. The van der Waals surface area contributed by atoms with Crippen LogP contribution in [-0.2, 0) is 4.79 Å². The van der Waals surface area contributed by atoms with E-state index in [4.69, 9.17) is 23.8 Å². The zero-order valence-corrected chi connectivity index (χ0v) is 15.4. The van der Waals surface area contributed by atoms with Crippen molar-refractivity contribution in [2.45, 2.75) is 31.2 Å². The second-order valence-corrected chi connectivity index (χ2v) is 7.72. The minimum absolute atomic E-state index is 0.0767. The maximum Gasteiger partial charge on any atom is 0.239 e. The monoisotopic (exact) mass is 359 g/mol. The smallest absolute Gasteiger partial charge is 0.239 e. The van der Waals surface area contributed by atoms with E-state index >= 15 is 0 Å². The van der Waals surface area contributed by atoms with Gasteiger partial charge in [-0.25, -0.2) is 0 Å². The summed E-state index contributed by atoms with van der Waals surface area (Å²) in [5.74, 6) is 0.796. The number of benzene rings is 1. The maximum absolute atomic E-state index is 11.6. The van der Waals surface area contributed by atoms with Gasteiger partial charge in [-0.2, -0.15) is 0 Å². The van der Waals surface area contributed by atoms with Gasteiger partial charge in [-0.15, -0.1) is 11.8 Å². The minimum Gasteiger partial charge on any atom is -0.362 e. The summed E-state index contributed by atoms with van der Waals surface area (Å²) in [5, 5.41) is 10.1. The van der Waals surface area contributed by atoms with Crippen LogP contribution in [0.4, 0.5) is 0 Å². The van der Waals surface area contributed by atoms with Crippen molar-refractivity contribution in [3.63, 3.8) is 0 Å². The van der Waals surface area contributed by atoms with Crippen molar-refractivity contribution in [1.29, 1.82) is 0 Å². The zero-order valence-electron chi connectivity index (χ0n) is 13.0. The second kappa shape index (κ2) is 9.22. The number of thioether (sulfide) groups is 1. The average Bonchev–Trinajstić information content (AvgIpc) is 2.41. The van der Waals surface area contributed by atoms with Crippen molar-refractivity contribution < 1.29 is 4.79 Å². The molecule has 0 spiro atoms. The highest BCUT2D eigenvalue weighted by Crippen LogP contribution is 2.19. The minimum atomic E-state index is -0.233. The first-order chi connectivity index (χ1) is 10.3. The number of thiocarbonyl (C=S) groups is 1. The van der Waals surface area contributed by atoms with E-state index in [0.29, 0.717) is 5.11 Å². The number of nitrogens with one attached hydrogen (secondary N) is 3. The molecule has 22 heavy (non-hydrogen) atoms. The van der Waals surface area contributed by atoms with E-state index < -0.39 is 0 Å². The molecule has 0 radical (unpaired) electrons. The predicted molar refractivity (Wildman–Crippen MR) is 98.7 cm³/mol. The molecule has 0 aliphatic carbocycles. The zero-order chi connectivity index (χ0) is 16.6. The summed E-state index contributed by atoms with van der Waals surface area (Å²) in [6.45, 7) is 6.72. The molecule has 0 aliphatic rings. The number of hydrogen-bond donors (Lipinski definition) is 3. The molecule has 0 aliphatic heterocycles. The van der Waals surface area contributed by atoms with Gasteiger partial charge in [0.05, 0.1) is 6.54 Å². The highest BCUT2D eigenvalue weighted by molar-refractivity contribution is 7.99. The molecule has 0 atom stereocenters. The molecule has 4 nitrogen and oxygen atoms in total. The fraction of sp³-hybridized carbons (Fsp3) is 0.467. The Labute approximate surface area is 146 Å². The Morgan fingerprint density at radius 2 is 1.86 bits per heavy atom. The van der Waals surface area contributed by atoms with E-state index in [1.807, 2.05) is 45.0 Å². The Morgan fingerprint density at radius 3 is 2.45 bits per heavy atom. The molecule has 1 aromatic carbocycles. The number of halogens is 1. The second-order valence-electron chi connectivity index (χ2n) is 5.71. The molecule has 0 heterocycles. The van der Waals surface area contributed by atoms with Gasteiger partial charge in [-0.05, 0) is 57.3 Å². The van der Waals surface area contributed by atoms with Crippen LogP contribution >= 0.6 is 35.6 Å². The van der Waals surface area contributed by atoms with Crippen LogP contribution < -0.4 is 16.0 Å². The molecule has 0 aromatic heterocycles. The molecule has 0 fully saturated rings. The summed E-state index contributed by atoms with van der Waals surface area (Å²) in [4.78, 5) is 12.8. The average molecular weight is 360 g/mol. The van der Waals surface area contributed by atoms with Gasteiger partial charge >= 0.3 is 0 Å². The first-order valence-electron chi connectivity index (χ1n) is 6.97. The fourth-order valence-corrected chi connectivity index (χ4v) is 2.62. The summed E-state index contributed by atoms with van der Waals surface area (Å²) in [6, 6.07) is 7.72. The fourth-order valence-electron chi connectivity index (χ4n) is 1.55. The molecular weight excluding hydrogens is 338 g/mol. The van der Waals surface area contributed by atoms with E-state index in [-0.39, 0.29) is 18.0 Å². The maximum atomic E-state index is 11.6. The van der Waals surface area contributed by atoms with Crippen LogP contribution in [0, 0.1) is 0 Å². The van der Waals surface area contributed by atoms with Crippen LogP contribution in [0.25, 0.3) is 0 Å². The normalized spacial score (nSPS) is 10.9. The summed E-state index contributed by atoms with van der Waals surface area (Å²) < 4.78 is 0. The van der Waals surface area contributed by atoms with Crippen molar-refractivity contribution in [3.05, 3.63) is 29.3 Å². The van der Waals surface area contributed by atoms with Gasteiger partial charge < -0.3 is 16.0 Å². The molecule has 122 valence electrons. The van der Waals surface area contributed by atoms with E-state index in [1.54, 1.807) is 11.8 Å². The number of hydrogen-bond acceptors (Lipinski definition) is 3. The molecule has 1 amide bonds. The largest absolute Gasteiger partial charge is 0.362 e. The van der Waals surface area contributed by atoms with Gasteiger partial charge in [0.25, 0.3) is 0 Å². The lowest BCUT2D eigenvalue weighted by Crippen LogP contribution is -2.47. The van der Waals surface area contributed by atoms with Crippen LogP contribution in [0.3, 0.4) is 0 Å². The molecule has 1 aromatic rings. The lowest BCUT2D eigenvalue weighted by molar-refractivity contribution is -0.121. The van der Waals surface area contributed by atoms with E-state index in [9.17, 15) is 4.79 Å². The molecule has 0 bridgehead atoms. The molecule has 7 heteroatoms. The van der Waals surface area contributed by atoms with Crippen LogP contribution in [0.15, 0.2) is 29.2 Å². The van der Waals surface area contributed by atoms with Gasteiger partial charge in [-0.1, -0.05) is 11.6 Å². The SMILES string of the molecule is CC(C)(C)NC(=O)CNC(=S)NCCSc1ccc(Cl)cc1. The van der Waals surface area contributed by atoms with Crippen molar-refractivity contribution in [3.8, 4) is 0 Å². The van der Waals surface area contributed by atoms with E-state index in [0.717, 1.165) is 22.2 Å². The number of rotatable bonds is 6. The van der Waals surface area contributed by atoms with E-state index in [1.165, 1.54) is 0 Å². The van der Waals surface area contributed by atoms with Crippen LogP contribution in [-0.4, -0.2) is 35.4 Å². The third kappa shape index (κ3) is 9.12. The number of amides is 1. The Bertz CT molecular complexity index is 501. The van der Waals surface area contributed by atoms with E-state index in [2.05, 4.69) is 16.0 Å². The van der Waals surface area contributed by atoms with Crippen LogP contribution in [0.1, 0.15) is 20.8 Å². The van der Waals surface area contributed by atoms with Crippen molar-refractivity contribution >= 4 is 46.6 Å². The third-order valence-electron chi connectivity index (χ3n) is 2.39. The lowest BCUT2D eigenvalue weighted by atomic mass is 10.1. The third-order valence-corrected chi connectivity index (χ3v) is 3.95. The Kier molecular flexibility index (Phi) is 8.00. The summed E-state index contributed by atoms with van der Waals surface area (Å²) in [5.41, 5.74) is -0.233. The van der Waals surface area contributed by atoms with Crippen molar-refractivity contribution in [1.82, 2.24) is 16.0 Å². The number of carbonyl (C=O) groups is 1. The predicted octanol–water partition coefficient (Wildman–Crippen LogP) is 2.81.